The number of sulfonamides is 1. The van der Waals surface area contributed by atoms with Gasteiger partial charge in [0.15, 0.2) is 0 Å². The fourth-order valence-electron chi connectivity index (χ4n) is 2.70. The fourth-order valence-corrected chi connectivity index (χ4v) is 4.13. The number of benzene rings is 2. The molecule has 8 heteroatoms. The number of nitrogens with zero attached hydrogens (tertiary/aromatic N) is 1. The second-order valence-electron chi connectivity index (χ2n) is 5.96. The number of hydrogen-bond donors (Lipinski definition) is 2. The molecule has 1 aliphatic rings. The summed E-state index contributed by atoms with van der Waals surface area (Å²) in [6.07, 6.45) is 0. The van der Waals surface area contributed by atoms with Crippen molar-refractivity contribution in [1.82, 2.24) is 4.31 Å². The lowest BCUT2D eigenvalue weighted by atomic mass is 10.1. The number of anilines is 1. The molecule has 1 heterocycles. The Balaban J connectivity index is 1.90. The van der Waals surface area contributed by atoms with Crippen molar-refractivity contribution in [2.24, 2.45) is 0 Å². The van der Waals surface area contributed by atoms with Gasteiger partial charge in [0.05, 0.1) is 23.7 Å². The minimum Gasteiger partial charge on any atom is -0.507 e. The van der Waals surface area contributed by atoms with E-state index < -0.39 is 15.9 Å². The lowest BCUT2D eigenvalue weighted by Crippen LogP contribution is -2.40. The number of amides is 1. The molecule has 1 aliphatic heterocycles. The van der Waals surface area contributed by atoms with Crippen molar-refractivity contribution in [2.45, 2.75) is 11.8 Å². The topological polar surface area (TPSA) is 95.9 Å². The Morgan fingerprint density at radius 3 is 2.54 bits per heavy atom. The molecule has 2 N–H and O–H groups in total. The Morgan fingerprint density at radius 1 is 1.15 bits per heavy atom. The molecule has 3 rings (SSSR count). The second-order valence-corrected chi connectivity index (χ2v) is 7.90. The van der Waals surface area contributed by atoms with Crippen molar-refractivity contribution in [3.05, 3.63) is 53.6 Å². The maximum Gasteiger partial charge on any atom is 0.259 e. The van der Waals surface area contributed by atoms with E-state index in [9.17, 15) is 18.3 Å². The predicted octanol–water partition coefficient (Wildman–Crippen LogP) is 1.97. The predicted molar refractivity (Wildman–Crippen MR) is 96.8 cm³/mol. The average molecular weight is 376 g/mol. The van der Waals surface area contributed by atoms with Crippen molar-refractivity contribution in [3.63, 3.8) is 0 Å². The summed E-state index contributed by atoms with van der Waals surface area (Å²) in [5.41, 5.74) is 1.36. The molecule has 2 aromatic rings. The third-order valence-electron chi connectivity index (χ3n) is 4.21. The summed E-state index contributed by atoms with van der Waals surface area (Å²) >= 11 is 0. The van der Waals surface area contributed by atoms with Crippen LogP contribution in [0.1, 0.15) is 15.9 Å². The van der Waals surface area contributed by atoms with Gasteiger partial charge < -0.3 is 15.2 Å². The van der Waals surface area contributed by atoms with Gasteiger partial charge >= 0.3 is 0 Å². The van der Waals surface area contributed by atoms with Crippen LogP contribution in [0.2, 0.25) is 0 Å². The van der Waals surface area contributed by atoms with Crippen LogP contribution in [0.3, 0.4) is 0 Å². The molecule has 0 aliphatic carbocycles. The quantitative estimate of drug-likeness (QED) is 0.851. The standard InChI is InChI=1S/C18H20N2O5S/c1-13-4-2-3-5-16(13)19-18(22)15-12-14(6-7-17(15)21)26(23,24)20-8-10-25-11-9-20/h2-7,12,21H,8-11H2,1H3,(H,19,22). The Morgan fingerprint density at radius 2 is 1.85 bits per heavy atom. The number of phenols is 1. The lowest BCUT2D eigenvalue weighted by molar-refractivity contribution is 0.0730. The number of phenolic OH excluding ortho intramolecular Hbond substituents is 1. The second kappa shape index (κ2) is 7.45. The summed E-state index contributed by atoms with van der Waals surface area (Å²) in [6, 6.07) is 10.9. The summed E-state index contributed by atoms with van der Waals surface area (Å²) < 4.78 is 32.0. The first-order valence-corrected chi connectivity index (χ1v) is 9.61. The summed E-state index contributed by atoms with van der Waals surface area (Å²) in [6.45, 7) is 3.02. The molecule has 0 saturated carbocycles. The molecule has 138 valence electrons. The molecule has 0 bridgehead atoms. The van der Waals surface area contributed by atoms with E-state index in [2.05, 4.69) is 5.32 Å². The number of carbonyl (C=O) groups excluding carboxylic acids is 1. The molecule has 0 unspecified atom stereocenters. The van der Waals surface area contributed by atoms with E-state index in [4.69, 9.17) is 4.74 Å². The Hall–Kier alpha value is -2.42. The zero-order chi connectivity index (χ0) is 18.7. The van der Waals surface area contributed by atoms with Crippen molar-refractivity contribution in [3.8, 4) is 5.75 Å². The zero-order valence-electron chi connectivity index (χ0n) is 14.3. The minimum atomic E-state index is -3.75. The van der Waals surface area contributed by atoms with Gasteiger partial charge in [-0.15, -0.1) is 0 Å². The molecule has 26 heavy (non-hydrogen) atoms. The number of morpholine rings is 1. The number of aryl methyl sites for hydroxylation is 1. The molecule has 2 aromatic carbocycles. The first kappa shape index (κ1) is 18.4. The summed E-state index contributed by atoms with van der Waals surface area (Å²) in [7, 11) is -3.75. The van der Waals surface area contributed by atoms with Crippen molar-refractivity contribution in [1.29, 1.82) is 0 Å². The molecule has 0 aromatic heterocycles. The van der Waals surface area contributed by atoms with Crippen molar-refractivity contribution < 1.29 is 23.1 Å². The van der Waals surface area contributed by atoms with E-state index in [1.165, 1.54) is 22.5 Å². The first-order valence-electron chi connectivity index (χ1n) is 8.17. The third-order valence-corrected chi connectivity index (χ3v) is 6.11. The lowest BCUT2D eigenvalue weighted by Gasteiger charge is -2.26. The van der Waals surface area contributed by atoms with Crippen LogP contribution in [0.15, 0.2) is 47.4 Å². The highest BCUT2D eigenvalue weighted by Gasteiger charge is 2.27. The number of nitrogens with one attached hydrogen (secondary N) is 1. The first-order chi connectivity index (χ1) is 12.4. The largest absolute Gasteiger partial charge is 0.507 e. The van der Waals surface area contributed by atoms with E-state index in [0.717, 1.165) is 5.56 Å². The smallest absolute Gasteiger partial charge is 0.259 e. The highest BCUT2D eigenvalue weighted by atomic mass is 32.2. The summed E-state index contributed by atoms with van der Waals surface area (Å²) in [5, 5.41) is 12.7. The van der Waals surface area contributed by atoms with Crippen molar-refractivity contribution in [2.75, 3.05) is 31.6 Å². The van der Waals surface area contributed by atoms with Gasteiger partial charge in [-0.1, -0.05) is 18.2 Å². The SMILES string of the molecule is Cc1ccccc1NC(=O)c1cc(S(=O)(=O)N2CCOCC2)ccc1O. The van der Waals surface area contributed by atoms with Crippen LogP contribution in [-0.4, -0.2) is 50.0 Å². The van der Waals surface area contributed by atoms with Gasteiger partial charge in [-0.05, 0) is 36.8 Å². The number of hydrogen-bond acceptors (Lipinski definition) is 5. The molecular weight excluding hydrogens is 356 g/mol. The van der Waals surface area contributed by atoms with Crippen molar-refractivity contribution >= 4 is 21.6 Å². The number of para-hydroxylation sites is 1. The molecule has 0 spiro atoms. The number of carbonyl (C=O) groups is 1. The average Bonchev–Trinajstić information content (AvgIpc) is 2.64. The number of ether oxygens (including phenoxy) is 1. The fraction of sp³-hybridized carbons (Fsp3) is 0.278. The van der Waals surface area contributed by atoms with Gasteiger partial charge in [0.1, 0.15) is 5.75 Å². The molecular formula is C18H20N2O5S. The van der Waals surface area contributed by atoms with Crippen LogP contribution in [-0.2, 0) is 14.8 Å². The highest BCUT2D eigenvalue weighted by Crippen LogP contribution is 2.25. The monoisotopic (exact) mass is 376 g/mol. The number of rotatable bonds is 4. The molecule has 0 radical (unpaired) electrons. The maximum atomic E-state index is 12.7. The van der Waals surface area contributed by atoms with E-state index in [-0.39, 0.29) is 29.3 Å². The Kier molecular flexibility index (Phi) is 5.26. The number of aromatic hydroxyl groups is 1. The highest BCUT2D eigenvalue weighted by molar-refractivity contribution is 7.89. The van der Waals surface area contributed by atoms with Gasteiger partial charge in [0.2, 0.25) is 10.0 Å². The van der Waals surface area contributed by atoms with Gasteiger partial charge in [-0.3, -0.25) is 4.79 Å². The zero-order valence-corrected chi connectivity index (χ0v) is 15.1. The van der Waals surface area contributed by atoms with Gasteiger partial charge in [0, 0.05) is 18.8 Å². The van der Waals surface area contributed by atoms with Gasteiger partial charge in [-0.25, -0.2) is 8.42 Å². The van der Waals surface area contributed by atoms with Crippen LogP contribution in [0.4, 0.5) is 5.69 Å². The third kappa shape index (κ3) is 3.72. The van der Waals surface area contributed by atoms with Crippen LogP contribution in [0, 0.1) is 6.92 Å². The maximum absolute atomic E-state index is 12.7. The Bertz CT molecular complexity index is 921. The normalized spacial score (nSPS) is 15.6. The summed E-state index contributed by atoms with van der Waals surface area (Å²) in [4.78, 5) is 12.5. The minimum absolute atomic E-state index is 0.0351. The van der Waals surface area contributed by atoms with E-state index in [0.29, 0.717) is 18.9 Å². The molecule has 1 fully saturated rings. The van der Waals surface area contributed by atoms with Gasteiger partial charge in [-0.2, -0.15) is 4.31 Å². The van der Waals surface area contributed by atoms with Crippen LogP contribution < -0.4 is 5.32 Å². The van der Waals surface area contributed by atoms with Crippen LogP contribution in [0.25, 0.3) is 0 Å². The molecule has 7 nitrogen and oxygen atoms in total. The van der Waals surface area contributed by atoms with Crippen LogP contribution in [0.5, 0.6) is 5.75 Å². The summed E-state index contributed by atoms with van der Waals surface area (Å²) in [5.74, 6) is -0.854. The van der Waals surface area contributed by atoms with Gasteiger partial charge in [0.25, 0.3) is 5.91 Å². The van der Waals surface area contributed by atoms with E-state index in [1.54, 1.807) is 12.1 Å². The molecule has 0 atom stereocenters. The van der Waals surface area contributed by atoms with E-state index in [1.807, 2.05) is 19.1 Å². The molecule has 1 amide bonds. The van der Waals surface area contributed by atoms with E-state index >= 15 is 0 Å². The van der Waals surface area contributed by atoms with Crippen LogP contribution >= 0.6 is 0 Å². The Labute approximate surface area is 152 Å². The molecule has 1 saturated heterocycles.